The molecule has 1 atom stereocenters. The van der Waals surface area contributed by atoms with E-state index in [2.05, 4.69) is 26.1 Å². The summed E-state index contributed by atoms with van der Waals surface area (Å²) in [6, 6.07) is 0.191. The summed E-state index contributed by atoms with van der Waals surface area (Å²) in [7, 11) is 0. The molecule has 0 aromatic heterocycles. The lowest BCUT2D eigenvalue weighted by Gasteiger charge is -2.31. The molecular weight excluding hydrogens is 236 g/mol. The minimum absolute atomic E-state index is 0.0818. The number of carbonyl (C=O) groups excluding carboxylic acids is 1. The smallest absolute Gasteiger partial charge is 0.220 e. The van der Waals surface area contributed by atoms with Crippen molar-refractivity contribution in [1.29, 1.82) is 0 Å². The van der Waals surface area contributed by atoms with Gasteiger partial charge in [-0.1, -0.05) is 46.5 Å². The number of nitrogens with two attached hydrogens (primary N) is 1. The van der Waals surface area contributed by atoms with Crippen LogP contribution in [0.4, 0.5) is 0 Å². The summed E-state index contributed by atoms with van der Waals surface area (Å²) in [6.45, 7) is 7.13. The van der Waals surface area contributed by atoms with E-state index in [9.17, 15) is 4.79 Å². The summed E-state index contributed by atoms with van der Waals surface area (Å²) in [6.07, 6.45) is 9.30. The van der Waals surface area contributed by atoms with Gasteiger partial charge >= 0.3 is 0 Å². The van der Waals surface area contributed by atoms with E-state index in [1.54, 1.807) is 0 Å². The van der Waals surface area contributed by atoms with Gasteiger partial charge in [0.2, 0.25) is 5.91 Å². The zero-order valence-corrected chi connectivity index (χ0v) is 13.0. The molecule has 0 spiro atoms. The Labute approximate surface area is 118 Å². The van der Waals surface area contributed by atoms with Crippen LogP contribution >= 0.6 is 0 Å². The molecule has 0 saturated heterocycles. The third kappa shape index (κ3) is 6.42. The van der Waals surface area contributed by atoms with Crippen molar-refractivity contribution in [3.05, 3.63) is 0 Å². The normalized spacial score (nSPS) is 19.8. The highest BCUT2D eigenvalue weighted by Crippen LogP contribution is 2.26. The van der Waals surface area contributed by atoms with Gasteiger partial charge < -0.3 is 11.1 Å². The maximum atomic E-state index is 12.2. The van der Waals surface area contributed by atoms with E-state index in [0.29, 0.717) is 18.9 Å². The van der Waals surface area contributed by atoms with Crippen LogP contribution in [0.3, 0.4) is 0 Å². The highest BCUT2D eigenvalue weighted by Gasteiger charge is 2.26. The Kier molecular flexibility index (Phi) is 6.84. The molecule has 1 aliphatic rings. The minimum atomic E-state index is 0.0818. The predicted molar refractivity (Wildman–Crippen MR) is 80.9 cm³/mol. The van der Waals surface area contributed by atoms with Gasteiger partial charge in [0.1, 0.15) is 0 Å². The standard InChI is InChI=1S/C16H32N2O/c1-16(2,3)14(10-11-17)18-15(19)12-13-8-6-4-5-7-9-13/h13-14H,4-12,17H2,1-3H3,(H,18,19). The van der Waals surface area contributed by atoms with Gasteiger partial charge in [0.15, 0.2) is 0 Å². The molecule has 3 nitrogen and oxygen atoms in total. The first kappa shape index (κ1) is 16.5. The molecule has 1 aliphatic carbocycles. The number of amides is 1. The van der Waals surface area contributed by atoms with Gasteiger partial charge in [-0.25, -0.2) is 0 Å². The van der Waals surface area contributed by atoms with E-state index in [0.717, 1.165) is 6.42 Å². The maximum absolute atomic E-state index is 12.2. The van der Waals surface area contributed by atoms with E-state index in [-0.39, 0.29) is 17.4 Å². The first-order valence-electron chi connectivity index (χ1n) is 7.93. The van der Waals surface area contributed by atoms with Crippen LogP contribution in [0.1, 0.15) is 72.1 Å². The lowest BCUT2D eigenvalue weighted by atomic mass is 9.84. The van der Waals surface area contributed by atoms with Crippen LogP contribution in [0, 0.1) is 11.3 Å². The zero-order valence-electron chi connectivity index (χ0n) is 13.0. The molecule has 0 heterocycles. The number of carbonyl (C=O) groups is 1. The largest absolute Gasteiger partial charge is 0.353 e. The Balaban J connectivity index is 2.43. The van der Waals surface area contributed by atoms with Gasteiger partial charge in [-0.3, -0.25) is 4.79 Å². The van der Waals surface area contributed by atoms with E-state index in [1.165, 1.54) is 38.5 Å². The topological polar surface area (TPSA) is 55.1 Å². The highest BCUT2D eigenvalue weighted by atomic mass is 16.1. The van der Waals surface area contributed by atoms with Crippen LogP contribution in [0.25, 0.3) is 0 Å². The summed E-state index contributed by atoms with van der Waals surface area (Å²) in [5.74, 6) is 0.821. The molecule has 0 aliphatic heterocycles. The van der Waals surface area contributed by atoms with Gasteiger partial charge in [0.05, 0.1) is 0 Å². The maximum Gasteiger partial charge on any atom is 0.220 e. The third-order valence-corrected chi connectivity index (χ3v) is 4.28. The summed E-state index contributed by atoms with van der Waals surface area (Å²) in [5.41, 5.74) is 5.74. The molecule has 1 unspecified atom stereocenters. The fourth-order valence-corrected chi connectivity index (χ4v) is 2.97. The number of hydrogen-bond acceptors (Lipinski definition) is 2. The minimum Gasteiger partial charge on any atom is -0.353 e. The van der Waals surface area contributed by atoms with Crippen LogP contribution < -0.4 is 11.1 Å². The molecule has 0 radical (unpaired) electrons. The molecule has 112 valence electrons. The summed E-state index contributed by atoms with van der Waals surface area (Å²) in [4.78, 5) is 12.2. The molecular formula is C16H32N2O. The average Bonchev–Trinajstić information content (AvgIpc) is 2.56. The van der Waals surface area contributed by atoms with E-state index >= 15 is 0 Å². The van der Waals surface area contributed by atoms with Crippen molar-refractivity contribution in [1.82, 2.24) is 5.32 Å². The van der Waals surface area contributed by atoms with E-state index in [1.807, 2.05) is 0 Å². The quantitative estimate of drug-likeness (QED) is 0.752. The fraction of sp³-hybridized carbons (Fsp3) is 0.938. The van der Waals surface area contributed by atoms with Crippen molar-refractivity contribution < 1.29 is 4.79 Å². The van der Waals surface area contributed by atoms with Crippen molar-refractivity contribution >= 4 is 5.91 Å². The lowest BCUT2D eigenvalue weighted by molar-refractivity contribution is -0.123. The Hall–Kier alpha value is -0.570. The molecule has 0 aromatic rings. The second-order valence-corrected chi connectivity index (χ2v) is 7.13. The van der Waals surface area contributed by atoms with Crippen molar-refractivity contribution in [2.45, 2.75) is 78.2 Å². The predicted octanol–water partition coefficient (Wildman–Crippen LogP) is 3.23. The Morgan fingerprint density at radius 2 is 1.79 bits per heavy atom. The van der Waals surface area contributed by atoms with Crippen LogP contribution in [0.15, 0.2) is 0 Å². The van der Waals surface area contributed by atoms with Gasteiger partial charge in [-0.05, 0) is 37.1 Å². The third-order valence-electron chi connectivity index (χ3n) is 4.28. The van der Waals surface area contributed by atoms with E-state index in [4.69, 9.17) is 5.73 Å². The summed E-state index contributed by atoms with van der Waals surface area (Å²) >= 11 is 0. The molecule has 3 N–H and O–H groups in total. The first-order chi connectivity index (χ1) is 8.93. The number of nitrogens with one attached hydrogen (secondary N) is 1. The summed E-state index contributed by atoms with van der Waals surface area (Å²) in [5, 5.41) is 3.21. The van der Waals surface area contributed by atoms with Crippen molar-refractivity contribution in [3.63, 3.8) is 0 Å². The van der Waals surface area contributed by atoms with Crippen molar-refractivity contribution in [2.24, 2.45) is 17.1 Å². The van der Waals surface area contributed by atoms with Crippen molar-refractivity contribution in [3.8, 4) is 0 Å². The van der Waals surface area contributed by atoms with Crippen LogP contribution in [-0.4, -0.2) is 18.5 Å². The van der Waals surface area contributed by atoms with Gasteiger partial charge in [0, 0.05) is 12.5 Å². The Morgan fingerprint density at radius 3 is 2.26 bits per heavy atom. The fourth-order valence-electron chi connectivity index (χ4n) is 2.97. The molecule has 3 heteroatoms. The van der Waals surface area contributed by atoms with Gasteiger partial charge in [-0.15, -0.1) is 0 Å². The SMILES string of the molecule is CC(C)(C)C(CCN)NC(=O)CC1CCCCCC1. The average molecular weight is 268 g/mol. The molecule has 1 rings (SSSR count). The molecule has 1 saturated carbocycles. The monoisotopic (exact) mass is 268 g/mol. The molecule has 1 fully saturated rings. The molecule has 0 aromatic carbocycles. The molecule has 0 bridgehead atoms. The zero-order chi connectivity index (χ0) is 14.3. The second-order valence-electron chi connectivity index (χ2n) is 7.13. The summed E-state index contributed by atoms with van der Waals surface area (Å²) < 4.78 is 0. The van der Waals surface area contributed by atoms with Gasteiger partial charge in [0.25, 0.3) is 0 Å². The lowest BCUT2D eigenvalue weighted by Crippen LogP contribution is -2.45. The first-order valence-corrected chi connectivity index (χ1v) is 7.93. The second kappa shape index (κ2) is 7.88. The van der Waals surface area contributed by atoms with Gasteiger partial charge in [-0.2, -0.15) is 0 Å². The number of rotatable bonds is 5. The Bertz CT molecular complexity index is 262. The van der Waals surface area contributed by atoms with Crippen molar-refractivity contribution in [2.75, 3.05) is 6.54 Å². The highest BCUT2D eigenvalue weighted by molar-refractivity contribution is 5.76. The molecule has 19 heavy (non-hydrogen) atoms. The van der Waals surface area contributed by atoms with E-state index < -0.39 is 0 Å². The van der Waals surface area contributed by atoms with Crippen LogP contribution in [0.5, 0.6) is 0 Å². The number of hydrogen-bond donors (Lipinski definition) is 2. The van der Waals surface area contributed by atoms with Crippen LogP contribution in [-0.2, 0) is 4.79 Å². The molecule has 1 amide bonds. The Morgan fingerprint density at radius 1 is 1.21 bits per heavy atom. The van der Waals surface area contributed by atoms with Crippen LogP contribution in [0.2, 0.25) is 0 Å².